The van der Waals surface area contributed by atoms with E-state index in [1.54, 1.807) is 4.68 Å². The van der Waals surface area contributed by atoms with Crippen LogP contribution >= 0.6 is 0 Å². The first-order valence-corrected chi connectivity index (χ1v) is 7.29. The molecule has 22 heavy (non-hydrogen) atoms. The smallest absolute Gasteiger partial charge is 0.312 e. The molecule has 0 saturated carbocycles. The Morgan fingerprint density at radius 2 is 2.00 bits per heavy atom. The fraction of sp³-hybridized carbons (Fsp3) is 0.600. The molecule has 1 atom stereocenters. The highest BCUT2D eigenvalue weighted by Crippen LogP contribution is 2.24. The van der Waals surface area contributed by atoms with Gasteiger partial charge in [-0.3, -0.25) is 9.48 Å². The van der Waals surface area contributed by atoms with E-state index in [4.69, 9.17) is 9.26 Å². The normalized spacial score (nSPS) is 12.7. The van der Waals surface area contributed by atoms with Crippen LogP contribution in [-0.2, 0) is 16.1 Å². The van der Waals surface area contributed by atoms with E-state index in [0.717, 1.165) is 17.0 Å². The molecule has 0 amide bonds. The quantitative estimate of drug-likeness (QED) is 0.788. The summed E-state index contributed by atoms with van der Waals surface area (Å²) in [5, 5.41) is 8.45. The van der Waals surface area contributed by atoms with Gasteiger partial charge in [-0.25, -0.2) is 0 Å². The maximum absolute atomic E-state index is 11.8. The molecule has 0 radical (unpaired) electrons. The van der Waals surface area contributed by atoms with Crippen LogP contribution in [0.15, 0.2) is 4.52 Å². The van der Waals surface area contributed by atoms with Crippen LogP contribution in [0.1, 0.15) is 61.3 Å². The molecule has 0 saturated heterocycles. The lowest BCUT2D eigenvalue weighted by molar-refractivity contribution is -0.142. The predicted molar refractivity (Wildman–Crippen MR) is 79.6 cm³/mol. The minimum Gasteiger partial charge on any atom is -0.469 e. The van der Waals surface area contributed by atoms with Crippen LogP contribution < -0.4 is 0 Å². The Morgan fingerprint density at radius 1 is 1.32 bits per heavy atom. The monoisotopic (exact) mass is 306 g/mol. The number of carbonyl (C=O) groups is 1. The van der Waals surface area contributed by atoms with Gasteiger partial charge in [0.25, 0.3) is 0 Å². The number of hydrogen-bond donors (Lipinski definition) is 0. The molecule has 2 aromatic rings. The molecule has 0 N–H and O–H groups in total. The van der Waals surface area contributed by atoms with E-state index in [2.05, 4.69) is 15.2 Å². The molecule has 0 aliphatic rings. The van der Waals surface area contributed by atoms with E-state index >= 15 is 0 Å². The highest BCUT2D eigenvalue weighted by atomic mass is 16.5. The Labute approximate surface area is 129 Å². The zero-order valence-corrected chi connectivity index (χ0v) is 13.9. The fourth-order valence-corrected chi connectivity index (χ4v) is 2.49. The SMILES string of the molecule is COC(=O)[C@H](C)c1c(C)nn(Cc2noc(C(C)C)n2)c1C. The summed E-state index contributed by atoms with van der Waals surface area (Å²) in [7, 11) is 1.39. The molecule has 2 heterocycles. The molecule has 0 aliphatic carbocycles. The highest BCUT2D eigenvalue weighted by molar-refractivity contribution is 5.78. The Bertz CT molecular complexity index is 672. The Morgan fingerprint density at radius 3 is 2.55 bits per heavy atom. The van der Waals surface area contributed by atoms with Crippen molar-refractivity contribution >= 4 is 5.97 Å². The summed E-state index contributed by atoms with van der Waals surface area (Å²) in [6, 6.07) is 0. The average Bonchev–Trinajstić information content (AvgIpc) is 3.04. The predicted octanol–water partition coefficient (Wildman–Crippen LogP) is 2.33. The molecule has 0 bridgehead atoms. The van der Waals surface area contributed by atoms with Crippen molar-refractivity contribution in [1.82, 2.24) is 19.9 Å². The number of aryl methyl sites for hydroxylation is 1. The van der Waals surface area contributed by atoms with Gasteiger partial charge in [0.15, 0.2) is 5.82 Å². The Hall–Kier alpha value is -2.18. The summed E-state index contributed by atoms with van der Waals surface area (Å²) in [4.78, 5) is 16.1. The van der Waals surface area contributed by atoms with Crippen molar-refractivity contribution in [2.24, 2.45) is 0 Å². The molecule has 2 aromatic heterocycles. The third-order valence-corrected chi connectivity index (χ3v) is 3.69. The number of rotatable bonds is 5. The molecule has 7 heteroatoms. The Kier molecular flexibility index (Phi) is 4.63. The second kappa shape index (κ2) is 6.29. The van der Waals surface area contributed by atoms with Crippen molar-refractivity contribution in [1.29, 1.82) is 0 Å². The summed E-state index contributed by atoms with van der Waals surface area (Å²) in [6.45, 7) is 10.0. The molecule has 0 unspecified atom stereocenters. The van der Waals surface area contributed by atoms with Crippen molar-refractivity contribution in [3.63, 3.8) is 0 Å². The number of aromatic nitrogens is 4. The van der Waals surface area contributed by atoms with E-state index in [9.17, 15) is 4.79 Å². The van der Waals surface area contributed by atoms with Gasteiger partial charge in [0, 0.05) is 17.2 Å². The molecular formula is C15H22N4O3. The van der Waals surface area contributed by atoms with E-state index in [1.807, 2.05) is 34.6 Å². The summed E-state index contributed by atoms with van der Waals surface area (Å²) in [5.74, 6) is 0.755. The summed E-state index contributed by atoms with van der Waals surface area (Å²) >= 11 is 0. The number of methoxy groups -OCH3 is 1. The number of esters is 1. The third kappa shape index (κ3) is 3.03. The summed E-state index contributed by atoms with van der Waals surface area (Å²) in [6.07, 6.45) is 0. The molecule has 0 fully saturated rings. The zero-order chi connectivity index (χ0) is 16.4. The zero-order valence-electron chi connectivity index (χ0n) is 13.9. The van der Waals surface area contributed by atoms with E-state index in [0.29, 0.717) is 18.3 Å². The van der Waals surface area contributed by atoms with Crippen molar-refractivity contribution in [3.8, 4) is 0 Å². The van der Waals surface area contributed by atoms with E-state index in [-0.39, 0.29) is 17.8 Å². The van der Waals surface area contributed by atoms with E-state index < -0.39 is 0 Å². The third-order valence-electron chi connectivity index (χ3n) is 3.69. The van der Waals surface area contributed by atoms with Gasteiger partial charge in [-0.2, -0.15) is 10.1 Å². The van der Waals surface area contributed by atoms with Crippen molar-refractivity contribution < 1.29 is 14.1 Å². The van der Waals surface area contributed by atoms with Crippen molar-refractivity contribution in [3.05, 3.63) is 28.7 Å². The summed E-state index contributed by atoms with van der Waals surface area (Å²) in [5.41, 5.74) is 2.61. The summed E-state index contributed by atoms with van der Waals surface area (Å²) < 4.78 is 11.8. The molecule has 0 aromatic carbocycles. The average molecular weight is 306 g/mol. The molecule has 7 nitrogen and oxygen atoms in total. The largest absolute Gasteiger partial charge is 0.469 e. The first-order valence-electron chi connectivity index (χ1n) is 7.29. The molecular weight excluding hydrogens is 284 g/mol. The molecule has 0 spiro atoms. The van der Waals surface area contributed by atoms with Gasteiger partial charge in [-0.15, -0.1) is 0 Å². The van der Waals surface area contributed by atoms with Crippen LogP contribution in [0, 0.1) is 13.8 Å². The Balaban J connectivity index is 2.27. The minimum absolute atomic E-state index is 0.191. The molecule has 0 aliphatic heterocycles. The maximum Gasteiger partial charge on any atom is 0.312 e. The second-order valence-corrected chi connectivity index (χ2v) is 5.69. The van der Waals surface area contributed by atoms with Crippen molar-refractivity contribution in [2.45, 2.75) is 53.0 Å². The number of carbonyl (C=O) groups excluding carboxylic acids is 1. The van der Waals surface area contributed by atoms with Gasteiger partial charge in [0.1, 0.15) is 6.54 Å². The standard InChI is InChI=1S/C15H22N4O3/c1-8(2)14-16-12(18-22-14)7-19-11(5)13(10(4)17-19)9(3)15(20)21-6/h8-9H,7H2,1-6H3/t9-/m1/s1. The first-order chi connectivity index (χ1) is 10.3. The van der Waals surface area contributed by atoms with Gasteiger partial charge in [0.2, 0.25) is 5.89 Å². The number of ether oxygens (including phenoxy) is 1. The van der Waals surface area contributed by atoms with Crippen LogP contribution in [0.4, 0.5) is 0 Å². The number of nitrogens with zero attached hydrogens (tertiary/aromatic N) is 4. The van der Waals surface area contributed by atoms with Crippen LogP contribution in [0.5, 0.6) is 0 Å². The lowest BCUT2D eigenvalue weighted by Gasteiger charge is -2.10. The van der Waals surface area contributed by atoms with Crippen LogP contribution in [0.2, 0.25) is 0 Å². The number of hydrogen-bond acceptors (Lipinski definition) is 6. The molecule has 2 rings (SSSR count). The van der Waals surface area contributed by atoms with Gasteiger partial charge < -0.3 is 9.26 Å². The van der Waals surface area contributed by atoms with Gasteiger partial charge >= 0.3 is 5.97 Å². The fourth-order valence-electron chi connectivity index (χ4n) is 2.49. The van der Waals surface area contributed by atoms with Gasteiger partial charge in [0.05, 0.1) is 18.7 Å². The lowest BCUT2D eigenvalue weighted by atomic mass is 9.99. The van der Waals surface area contributed by atoms with Crippen molar-refractivity contribution in [2.75, 3.05) is 7.11 Å². The lowest BCUT2D eigenvalue weighted by Crippen LogP contribution is -2.13. The van der Waals surface area contributed by atoms with Crippen LogP contribution in [-0.4, -0.2) is 33.0 Å². The van der Waals surface area contributed by atoms with Gasteiger partial charge in [-0.1, -0.05) is 19.0 Å². The van der Waals surface area contributed by atoms with Crippen LogP contribution in [0.3, 0.4) is 0 Å². The van der Waals surface area contributed by atoms with Gasteiger partial charge in [-0.05, 0) is 20.8 Å². The second-order valence-electron chi connectivity index (χ2n) is 5.69. The topological polar surface area (TPSA) is 83.0 Å². The van der Waals surface area contributed by atoms with E-state index in [1.165, 1.54) is 7.11 Å². The maximum atomic E-state index is 11.8. The minimum atomic E-state index is -0.352. The highest BCUT2D eigenvalue weighted by Gasteiger charge is 2.24. The van der Waals surface area contributed by atoms with Crippen LogP contribution in [0.25, 0.3) is 0 Å². The first kappa shape index (κ1) is 16.2. The molecule has 120 valence electrons.